The molecule has 1 aliphatic heterocycles. The summed E-state index contributed by atoms with van der Waals surface area (Å²) in [5.74, 6) is 1.89. The molecule has 6 nitrogen and oxygen atoms in total. The first-order chi connectivity index (χ1) is 9.63. The Morgan fingerprint density at radius 1 is 1.45 bits per heavy atom. The lowest BCUT2D eigenvalue weighted by Gasteiger charge is -2.30. The fourth-order valence-electron chi connectivity index (χ4n) is 2.49. The number of nitrogens with one attached hydrogen (secondary N) is 1. The van der Waals surface area contributed by atoms with E-state index in [1.165, 1.54) is 0 Å². The van der Waals surface area contributed by atoms with Crippen molar-refractivity contribution in [2.45, 2.75) is 39.3 Å². The van der Waals surface area contributed by atoms with Gasteiger partial charge in [0.05, 0.1) is 6.61 Å². The first-order valence-electron chi connectivity index (χ1n) is 7.47. The second-order valence-electron chi connectivity index (χ2n) is 5.64. The van der Waals surface area contributed by atoms with Crippen LogP contribution in [0.5, 0.6) is 0 Å². The highest BCUT2D eigenvalue weighted by Crippen LogP contribution is 2.20. The summed E-state index contributed by atoms with van der Waals surface area (Å²) in [7, 11) is 1.96. The highest BCUT2D eigenvalue weighted by molar-refractivity contribution is 4.96. The number of hydrogen-bond acceptors (Lipinski definition) is 6. The van der Waals surface area contributed by atoms with Crippen LogP contribution in [0.15, 0.2) is 4.52 Å². The van der Waals surface area contributed by atoms with Gasteiger partial charge in [0, 0.05) is 25.6 Å². The van der Waals surface area contributed by atoms with E-state index in [1.54, 1.807) is 0 Å². The van der Waals surface area contributed by atoms with Crippen LogP contribution in [0.25, 0.3) is 0 Å². The van der Waals surface area contributed by atoms with E-state index in [0.29, 0.717) is 23.7 Å². The lowest BCUT2D eigenvalue weighted by Crippen LogP contribution is -2.38. The van der Waals surface area contributed by atoms with Crippen molar-refractivity contribution in [3.63, 3.8) is 0 Å². The summed E-state index contributed by atoms with van der Waals surface area (Å²) >= 11 is 0. The summed E-state index contributed by atoms with van der Waals surface area (Å²) in [5, 5.41) is 7.38. The maximum atomic E-state index is 5.75. The summed E-state index contributed by atoms with van der Waals surface area (Å²) in [6.45, 7) is 10.1. The van der Waals surface area contributed by atoms with Crippen LogP contribution in [-0.4, -0.2) is 54.4 Å². The molecule has 1 saturated heterocycles. The van der Waals surface area contributed by atoms with Crippen molar-refractivity contribution in [1.29, 1.82) is 0 Å². The van der Waals surface area contributed by atoms with Gasteiger partial charge in [-0.25, -0.2) is 0 Å². The lowest BCUT2D eigenvalue weighted by molar-refractivity contribution is -0.0334. The Balaban J connectivity index is 1.97. The van der Waals surface area contributed by atoms with Gasteiger partial charge in [-0.1, -0.05) is 25.9 Å². The first kappa shape index (κ1) is 15.4. The molecule has 6 heteroatoms. The predicted molar refractivity (Wildman–Crippen MR) is 76.5 cm³/mol. The van der Waals surface area contributed by atoms with Crippen LogP contribution >= 0.6 is 0 Å². The monoisotopic (exact) mass is 282 g/mol. The average Bonchev–Trinajstić information content (AvgIpc) is 2.93. The van der Waals surface area contributed by atoms with Crippen LogP contribution in [0.1, 0.15) is 38.6 Å². The Bertz CT molecular complexity index is 408. The van der Waals surface area contributed by atoms with Crippen molar-refractivity contribution in [2.75, 3.05) is 33.3 Å². The Morgan fingerprint density at radius 2 is 2.25 bits per heavy atom. The predicted octanol–water partition coefficient (Wildman–Crippen LogP) is 1.25. The average molecular weight is 282 g/mol. The van der Waals surface area contributed by atoms with Gasteiger partial charge in [0.25, 0.3) is 0 Å². The third-order valence-corrected chi connectivity index (χ3v) is 3.94. The van der Waals surface area contributed by atoms with Gasteiger partial charge >= 0.3 is 0 Å². The smallest absolute Gasteiger partial charge is 0.228 e. The number of nitrogens with zero attached hydrogens (tertiary/aromatic N) is 3. The standard InChI is InChI=1S/C14H26N4O2/c1-5-18-6-7-19-12(9-18)14-16-13(20-17-14)8-11(15-4)10(2)3/h10-12,15H,5-9H2,1-4H3. The highest BCUT2D eigenvalue weighted by Gasteiger charge is 2.26. The largest absolute Gasteiger partial charge is 0.367 e. The molecule has 0 spiro atoms. The van der Waals surface area contributed by atoms with Crippen molar-refractivity contribution < 1.29 is 9.26 Å². The van der Waals surface area contributed by atoms with Gasteiger partial charge in [0.15, 0.2) is 0 Å². The molecule has 114 valence electrons. The Hall–Kier alpha value is -0.980. The molecule has 1 aliphatic rings. The van der Waals surface area contributed by atoms with Crippen molar-refractivity contribution in [1.82, 2.24) is 20.4 Å². The second kappa shape index (κ2) is 7.15. The molecule has 2 heterocycles. The van der Waals surface area contributed by atoms with Crippen molar-refractivity contribution >= 4 is 0 Å². The van der Waals surface area contributed by atoms with E-state index in [2.05, 4.69) is 41.1 Å². The molecule has 1 aromatic heterocycles. The molecule has 1 N–H and O–H groups in total. The third kappa shape index (κ3) is 3.77. The molecule has 2 rings (SSSR count). The Labute approximate surface area is 120 Å². The SMILES string of the molecule is CCN1CCOC(c2noc(CC(NC)C(C)C)n2)C1. The number of rotatable bonds is 6. The number of hydrogen-bond donors (Lipinski definition) is 1. The zero-order chi connectivity index (χ0) is 14.5. The van der Waals surface area contributed by atoms with Gasteiger partial charge in [-0.15, -0.1) is 0 Å². The summed E-state index contributed by atoms with van der Waals surface area (Å²) in [4.78, 5) is 6.85. The number of morpholine rings is 1. The lowest BCUT2D eigenvalue weighted by atomic mass is 10.0. The molecule has 2 atom stereocenters. The minimum absolute atomic E-state index is 0.0618. The van der Waals surface area contributed by atoms with Crippen molar-refractivity contribution in [2.24, 2.45) is 5.92 Å². The van der Waals surface area contributed by atoms with E-state index in [9.17, 15) is 0 Å². The van der Waals surface area contributed by atoms with Crippen LogP contribution in [-0.2, 0) is 11.2 Å². The Kier molecular flexibility index (Phi) is 5.51. The topological polar surface area (TPSA) is 63.4 Å². The van der Waals surface area contributed by atoms with Gasteiger partial charge < -0.3 is 14.6 Å². The van der Waals surface area contributed by atoms with Gasteiger partial charge in [-0.3, -0.25) is 4.90 Å². The van der Waals surface area contributed by atoms with Crippen molar-refractivity contribution in [3.8, 4) is 0 Å². The maximum Gasteiger partial charge on any atom is 0.228 e. The van der Waals surface area contributed by atoms with Crippen molar-refractivity contribution in [3.05, 3.63) is 11.7 Å². The van der Waals surface area contributed by atoms with E-state index in [1.807, 2.05) is 7.05 Å². The third-order valence-electron chi connectivity index (χ3n) is 3.94. The Morgan fingerprint density at radius 3 is 2.90 bits per heavy atom. The molecule has 0 aliphatic carbocycles. The van der Waals surface area contributed by atoms with Gasteiger partial charge in [-0.05, 0) is 19.5 Å². The molecular formula is C14H26N4O2. The fraction of sp³-hybridized carbons (Fsp3) is 0.857. The molecule has 0 amide bonds. The van der Waals surface area contributed by atoms with E-state index in [-0.39, 0.29) is 6.10 Å². The summed E-state index contributed by atoms with van der Waals surface area (Å²) in [5.41, 5.74) is 0. The second-order valence-corrected chi connectivity index (χ2v) is 5.64. The van der Waals surface area contributed by atoms with E-state index in [0.717, 1.165) is 32.7 Å². The zero-order valence-corrected chi connectivity index (χ0v) is 12.9. The van der Waals surface area contributed by atoms with Gasteiger partial charge in [0.1, 0.15) is 6.10 Å². The molecule has 0 saturated carbocycles. The van der Waals surface area contributed by atoms with Crippen LogP contribution in [0.3, 0.4) is 0 Å². The minimum atomic E-state index is -0.0618. The van der Waals surface area contributed by atoms with E-state index < -0.39 is 0 Å². The fourth-order valence-corrected chi connectivity index (χ4v) is 2.49. The van der Waals surface area contributed by atoms with Gasteiger partial charge in [0.2, 0.25) is 11.7 Å². The van der Waals surface area contributed by atoms with E-state index in [4.69, 9.17) is 9.26 Å². The molecule has 20 heavy (non-hydrogen) atoms. The molecule has 0 radical (unpaired) electrons. The normalized spacial score (nSPS) is 22.4. The van der Waals surface area contributed by atoms with Crippen LogP contribution < -0.4 is 5.32 Å². The van der Waals surface area contributed by atoms with Crippen LogP contribution in [0, 0.1) is 5.92 Å². The molecule has 2 unspecified atom stereocenters. The zero-order valence-electron chi connectivity index (χ0n) is 12.9. The molecule has 1 fully saturated rings. The summed E-state index contributed by atoms with van der Waals surface area (Å²) in [6.07, 6.45) is 0.694. The van der Waals surface area contributed by atoms with Gasteiger partial charge in [-0.2, -0.15) is 4.98 Å². The maximum absolute atomic E-state index is 5.75. The number of aromatic nitrogens is 2. The number of ether oxygens (including phenoxy) is 1. The summed E-state index contributed by atoms with van der Waals surface area (Å²) < 4.78 is 11.1. The molecular weight excluding hydrogens is 256 g/mol. The molecule has 1 aromatic rings. The summed E-state index contributed by atoms with van der Waals surface area (Å²) in [6, 6.07) is 0.350. The molecule has 0 aromatic carbocycles. The number of likely N-dealkylation sites (N-methyl/N-ethyl adjacent to an activating group) is 2. The van der Waals surface area contributed by atoms with E-state index >= 15 is 0 Å². The highest BCUT2D eigenvalue weighted by atomic mass is 16.5. The van der Waals surface area contributed by atoms with Crippen LogP contribution in [0.4, 0.5) is 0 Å². The van der Waals surface area contributed by atoms with Crippen LogP contribution in [0.2, 0.25) is 0 Å². The first-order valence-corrected chi connectivity index (χ1v) is 7.47. The quantitative estimate of drug-likeness (QED) is 0.847. The molecule has 0 bridgehead atoms. The minimum Gasteiger partial charge on any atom is -0.367 e.